The number of nitrogens with two attached hydrogens (primary N) is 1. The fourth-order valence-corrected chi connectivity index (χ4v) is 7.69. The van der Waals surface area contributed by atoms with Crippen molar-refractivity contribution in [1.29, 1.82) is 0 Å². The minimum atomic E-state index is -1.78. The van der Waals surface area contributed by atoms with Gasteiger partial charge in [0.25, 0.3) is 0 Å². The van der Waals surface area contributed by atoms with Crippen LogP contribution in [-0.2, 0) is 56.0 Å². The van der Waals surface area contributed by atoms with Crippen molar-refractivity contribution in [3.05, 3.63) is 65.9 Å². The van der Waals surface area contributed by atoms with Gasteiger partial charge in [-0.05, 0) is 79.4 Å². The van der Waals surface area contributed by atoms with Gasteiger partial charge in [-0.3, -0.25) is 38.4 Å². The van der Waals surface area contributed by atoms with E-state index in [1.165, 1.54) is 43.0 Å². The van der Waals surface area contributed by atoms with Crippen molar-refractivity contribution in [1.82, 2.24) is 42.2 Å². The summed E-state index contributed by atoms with van der Waals surface area (Å²) in [5, 5.41) is 57.8. The molecule has 0 bridgehead atoms. The molecule has 0 aliphatic rings. The van der Waals surface area contributed by atoms with E-state index in [-0.39, 0.29) is 43.3 Å². The number of aliphatic hydroxyl groups excluding tert-OH is 1. The van der Waals surface area contributed by atoms with E-state index in [4.69, 9.17) is 5.73 Å². The topological polar surface area (TPSA) is 361 Å². The van der Waals surface area contributed by atoms with E-state index in [2.05, 4.69) is 42.2 Å². The predicted octanol–water partition coefficient (Wildman–Crippen LogP) is -0.204. The average molecular weight is 998 g/mol. The van der Waals surface area contributed by atoms with Crippen molar-refractivity contribution >= 4 is 76.0 Å². The minimum absolute atomic E-state index is 0.00435. The molecular formula is C47H67N9O13S. The van der Waals surface area contributed by atoms with Crippen LogP contribution in [0.5, 0.6) is 5.75 Å². The van der Waals surface area contributed by atoms with E-state index in [0.717, 1.165) is 5.52 Å². The molecular weight excluding hydrogens is 931 g/mol. The molecule has 22 nitrogen and oxygen atoms in total. The summed E-state index contributed by atoms with van der Waals surface area (Å²) in [6.07, 6.45) is 2.43. The van der Waals surface area contributed by atoms with Crippen molar-refractivity contribution in [2.24, 2.45) is 17.6 Å². The molecule has 0 aliphatic carbocycles. The lowest BCUT2D eigenvalue weighted by Crippen LogP contribution is -2.61. The van der Waals surface area contributed by atoms with Crippen LogP contribution in [0.4, 0.5) is 0 Å². The lowest BCUT2D eigenvalue weighted by Gasteiger charge is -2.28. The lowest BCUT2D eigenvalue weighted by molar-refractivity contribution is -0.143. The molecule has 0 saturated carbocycles. The van der Waals surface area contributed by atoms with E-state index >= 15 is 0 Å². The number of carbonyl (C=O) groups is 9. The molecule has 2 aromatic carbocycles. The zero-order valence-corrected chi connectivity index (χ0v) is 40.9. The maximum absolute atomic E-state index is 14.2. The van der Waals surface area contributed by atoms with Gasteiger partial charge in [0.1, 0.15) is 48.0 Å². The van der Waals surface area contributed by atoms with Crippen LogP contribution in [0.2, 0.25) is 0 Å². The van der Waals surface area contributed by atoms with Crippen molar-refractivity contribution in [2.75, 3.05) is 18.6 Å². The van der Waals surface area contributed by atoms with Crippen LogP contribution < -0.4 is 43.0 Å². The van der Waals surface area contributed by atoms with Gasteiger partial charge in [0.05, 0.1) is 19.1 Å². The van der Waals surface area contributed by atoms with Gasteiger partial charge in [-0.1, -0.05) is 58.0 Å². The number of phenolic OH excluding ortho intramolecular Hbond substituents is 1. The van der Waals surface area contributed by atoms with Crippen LogP contribution in [0.3, 0.4) is 0 Å². The number of para-hydroxylation sites is 1. The van der Waals surface area contributed by atoms with Crippen molar-refractivity contribution in [3.8, 4) is 5.75 Å². The number of thioether (sulfide) groups is 1. The highest BCUT2D eigenvalue weighted by atomic mass is 32.2. The van der Waals surface area contributed by atoms with Gasteiger partial charge in [0.15, 0.2) is 0 Å². The summed E-state index contributed by atoms with van der Waals surface area (Å²) in [7, 11) is 0. The van der Waals surface area contributed by atoms with Crippen LogP contribution in [0.15, 0.2) is 54.7 Å². The largest absolute Gasteiger partial charge is 0.508 e. The molecule has 0 spiro atoms. The third-order valence-electron chi connectivity index (χ3n) is 11.0. The summed E-state index contributed by atoms with van der Waals surface area (Å²) < 4.78 is 0. The van der Waals surface area contributed by atoms with Gasteiger partial charge in [0, 0.05) is 29.9 Å². The molecule has 3 aromatic rings. The number of carboxylic acids is 2. The van der Waals surface area contributed by atoms with Crippen LogP contribution in [-0.4, -0.2) is 146 Å². The molecule has 0 saturated heterocycles. The number of aromatic amines is 1. The number of aliphatic hydroxyl groups is 1. The highest BCUT2D eigenvalue weighted by molar-refractivity contribution is 7.98. The van der Waals surface area contributed by atoms with E-state index in [1.807, 2.05) is 6.26 Å². The first-order valence-corrected chi connectivity index (χ1v) is 24.2. The summed E-state index contributed by atoms with van der Waals surface area (Å²) in [5.41, 5.74) is 7.64. The maximum Gasteiger partial charge on any atom is 0.326 e. The predicted molar refractivity (Wildman–Crippen MR) is 260 cm³/mol. The summed E-state index contributed by atoms with van der Waals surface area (Å²) >= 11 is 1.49. The molecule has 3 rings (SSSR count). The monoisotopic (exact) mass is 997 g/mol. The maximum atomic E-state index is 14.2. The molecule has 1 aromatic heterocycles. The summed E-state index contributed by atoms with van der Waals surface area (Å²) in [6, 6.07) is 1.56. The van der Waals surface area contributed by atoms with Crippen LogP contribution in [0.1, 0.15) is 71.4 Å². The third-order valence-corrected chi connectivity index (χ3v) is 11.6. The Morgan fingerprint density at radius 1 is 0.614 bits per heavy atom. The van der Waals surface area contributed by atoms with Gasteiger partial charge in [-0.15, -0.1) is 0 Å². The Balaban J connectivity index is 1.83. The standard InChI is InChI=1S/C47H67N9O13S/c1-24(2)17-33(52-44(65)35(19-27-11-13-29(58)14-12-27)53-46(67)38(23-57)56-40(61)26(5)50-41(62)31(48)15-16-70-6)42(63)51-34(18-25(3)4)43(64)54-36(21-39(59)60)45(66)55-37(47(68)69)20-28-22-49-32-10-8-7-9-30(28)32/h7-14,22,24-26,31,33-38,49,57-58H,15-21,23,48H2,1-6H3,(H,50,62)(H,51,63)(H,52,65)(H,53,67)(H,54,64)(H,55,66)(H,56,61)(H,59,60)(H,68,69)/t26-,31-,33-,34-,35-,36-,37-,38-/m0/s1. The molecule has 0 aliphatic heterocycles. The van der Waals surface area contributed by atoms with Crippen LogP contribution in [0, 0.1) is 11.8 Å². The number of carboxylic acid groups (broad SMARTS) is 2. The minimum Gasteiger partial charge on any atom is -0.508 e. The van der Waals surface area contributed by atoms with E-state index in [0.29, 0.717) is 28.7 Å². The molecule has 23 heteroatoms. The molecule has 70 heavy (non-hydrogen) atoms. The second-order valence-corrected chi connectivity index (χ2v) is 18.8. The number of hydrogen-bond donors (Lipinski definition) is 13. The second-order valence-electron chi connectivity index (χ2n) is 17.8. The van der Waals surface area contributed by atoms with Gasteiger partial charge < -0.3 is 68.4 Å². The average Bonchev–Trinajstić information content (AvgIpc) is 3.70. The molecule has 384 valence electrons. The number of fused-ring (bicyclic) bond motifs is 1. The number of aromatic hydroxyl groups is 1. The smallest absolute Gasteiger partial charge is 0.326 e. The first kappa shape index (κ1) is 57.6. The van der Waals surface area contributed by atoms with E-state index in [1.54, 1.807) is 58.2 Å². The molecule has 7 amide bonds. The van der Waals surface area contributed by atoms with Crippen molar-refractivity contribution in [2.45, 2.75) is 121 Å². The summed E-state index contributed by atoms with van der Waals surface area (Å²) in [4.78, 5) is 122. The normalized spacial score (nSPS) is 14.7. The molecule has 0 radical (unpaired) electrons. The highest BCUT2D eigenvalue weighted by Gasteiger charge is 2.35. The quantitative estimate of drug-likeness (QED) is 0.0428. The number of benzene rings is 2. The molecule has 1 heterocycles. The van der Waals surface area contributed by atoms with Crippen LogP contribution in [0.25, 0.3) is 10.9 Å². The second kappa shape index (κ2) is 28.1. The number of nitrogens with one attached hydrogen (secondary N) is 8. The number of hydrogen-bond acceptors (Lipinski definition) is 13. The SMILES string of the molecule is CSCC[C@H](N)C(=O)N[C@@H](C)C(=O)N[C@@H](CO)C(=O)N[C@@H](Cc1ccc(O)cc1)C(=O)N[C@@H](CC(C)C)C(=O)N[C@@H](CC(C)C)C(=O)N[C@@H](CC(=O)O)C(=O)N[C@@H](Cc1c[nH]c2ccccc12)C(=O)O. The Bertz CT molecular complexity index is 2290. The molecule has 0 unspecified atom stereocenters. The number of aliphatic carboxylic acids is 2. The zero-order chi connectivity index (χ0) is 52.2. The third kappa shape index (κ3) is 18.6. The molecule has 14 N–H and O–H groups in total. The molecule has 0 fully saturated rings. The lowest BCUT2D eigenvalue weighted by atomic mass is 9.98. The highest BCUT2D eigenvalue weighted by Crippen LogP contribution is 2.20. The number of phenols is 1. The Labute approximate surface area is 409 Å². The Hall–Kier alpha value is -6.72. The van der Waals surface area contributed by atoms with Crippen molar-refractivity contribution < 1.29 is 63.6 Å². The fraction of sp³-hybridized carbons (Fsp3) is 0.511. The van der Waals surface area contributed by atoms with Gasteiger partial charge in [-0.2, -0.15) is 11.8 Å². The van der Waals surface area contributed by atoms with Gasteiger partial charge in [-0.25, -0.2) is 4.79 Å². The first-order valence-electron chi connectivity index (χ1n) is 22.8. The number of amides is 7. The number of H-pyrrole nitrogens is 1. The van der Waals surface area contributed by atoms with Crippen LogP contribution >= 0.6 is 11.8 Å². The summed E-state index contributed by atoms with van der Waals surface area (Å²) in [6.45, 7) is 7.43. The van der Waals surface area contributed by atoms with E-state index < -0.39 is 115 Å². The number of rotatable bonds is 29. The number of aromatic nitrogens is 1. The Morgan fingerprint density at radius 2 is 1.11 bits per heavy atom. The summed E-state index contributed by atoms with van der Waals surface area (Å²) in [5.74, 6) is -9.16. The zero-order valence-electron chi connectivity index (χ0n) is 40.1. The fourth-order valence-electron chi connectivity index (χ4n) is 7.20. The van der Waals surface area contributed by atoms with Gasteiger partial charge >= 0.3 is 11.9 Å². The van der Waals surface area contributed by atoms with Crippen molar-refractivity contribution in [3.63, 3.8) is 0 Å². The Kier molecular flexibility index (Phi) is 23.1. The number of carbonyl (C=O) groups excluding carboxylic acids is 7. The van der Waals surface area contributed by atoms with E-state index in [9.17, 15) is 63.6 Å². The Morgan fingerprint density at radius 3 is 1.66 bits per heavy atom. The van der Waals surface area contributed by atoms with Gasteiger partial charge in [0.2, 0.25) is 41.4 Å². The first-order chi connectivity index (χ1) is 33.0. The molecule has 8 atom stereocenters.